The van der Waals surface area contributed by atoms with Crippen molar-refractivity contribution >= 4 is 11.6 Å². The zero-order chi connectivity index (χ0) is 13.6. The molecule has 0 bridgehead atoms. The Bertz CT molecular complexity index is 663. The molecule has 19 heavy (non-hydrogen) atoms. The van der Waals surface area contributed by atoms with E-state index in [1.807, 2.05) is 32.0 Å². The summed E-state index contributed by atoms with van der Waals surface area (Å²) in [5.74, 6) is -0.805. The zero-order valence-corrected chi connectivity index (χ0v) is 10.9. The number of rotatable bonds is 1. The number of carbonyl (C=O) groups is 2. The second-order valence-electron chi connectivity index (χ2n) is 5.00. The number of hydrogen-bond acceptors (Lipinski definition) is 2. The quantitative estimate of drug-likeness (QED) is 0.726. The van der Waals surface area contributed by atoms with Crippen LogP contribution in [-0.4, -0.2) is 11.6 Å². The Hall–Kier alpha value is -2.22. The van der Waals surface area contributed by atoms with Gasteiger partial charge in [-0.1, -0.05) is 42.5 Å². The normalized spacial score (nSPS) is 14.8. The molecule has 0 saturated carbocycles. The Labute approximate surface area is 112 Å². The molecule has 0 N–H and O–H groups in total. The van der Waals surface area contributed by atoms with Crippen molar-refractivity contribution in [3.05, 3.63) is 70.3 Å². The van der Waals surface area contributed by atoms with Gasteiger partial charge in [-0.15, -0.1) is 0 Å². The van der Waals surface area contributed by atoms with Crippen LogP contribution in [0.1, 0.15) is 43.3 Å². The lowest BCUT2D eigenvalue weighted by Crippen LogP contribution is -2.14. The van der Waals surface area contributed by atoms with Crippen molar-refractivity contribution in [3.8, 4) is 0 Å². The molecule has 0 spiro atoms. The monoisotopic (exact) mass is 250 g/mol. The van der Waals surface area contributed by atoms with Crippen molar-refractivity contribution in [2.75, 3.05) is 0 Å². The molecule has 2 nitrogen and oxygen atoms in total. The first-order chi connectivity index (χ1) is 9.11. The first-order valence-electron chi connectivity index (χ1n) is 6.35. The topological polar surface area (TPSA) is 34.1 Å². The summed E-state index contributed by atoms with van der Waals surface area (Å²) in [6.07, 6.45) is 0. The average molecular weight is 250 g/mol. The van der Waals surface area contributed by atoms with E-state index in [4.69, 9.17) is 0 Å². The van der Waals surface area contributed by atoms with E-state index in [0.717, 1.165) is 16.7 Å². The molecule has 0 aliphatic heterocycles. The fourth-order valence-corrected chi connectivity index (χ4v) is 2.71. The van der Waals surface area contributed by atoms with Crippen molar-refractivity contribution in [1.29, 1.82) is 0 Å². The van der Waals surface area contributed by atoms with Gasteiger partial charge < -0.3 is 0 Å². The van der Waals surface area contributed by atoms with Crippen molar-refractivity contribution < 1.29 is 9.59 Å². The van der Waals surface area contributed by atoms with Gasteiger partial charge in [0.1, 0.15) is 5.92 Å². The Kier molecular flexibility index (Phi) is 2.59. The molecule has 0 saturated heterocycles. The van der Waals surface area contributed by atoms with E-state index < -0.39 is 5.92 Å². The highest BCUT2D eigenvalue weighted by atomic mass is 16.2. The Morgan fingerprint density at radius 1 is 0.789 bits per heavy atom. The SMILES string of the molecule is Cc1cccc(C2C(=O)c3ccccc3C2=O)c1C. The lowest BCUT2D eigenvalue weighted by molar-refractivity contribution is 0.0889. The highest BCUT2D eigenvalue weighted by Gasteiger charge is 2.39. The predicted octanol–water partition coefficient (Wildman–Crippen LogP) is 3.47. The minimum absolute atomic E-state index is 0.0747. The predicted molar refractivity (Wildman–Crippen MR) is 73.8 cm³/mol. The van der Waals surface area contributed by atoms with Gasteiger partial charge in [0.2, 0.25) is 0 Å². The maximum Gasteiger partial charge on any atom is 0.178 e. The van der Waals surface area contributed by atoms with Crippen molar-refractivity contribution in [3.63, 3.8) is 0 Å². The van der Waals surface area contributed by atoms with Crippen LogP contribution in [0.25, 0.3) is 0 Å². The van der Waals surface area contributed by atoms with Gasteiger partial charge in [0.15, 0.2) is 11.6 Å². The van der Waals surface area contributed by atoms with Crippen LogP contribution in [0.2, 0.25) is 0 Å². The number of Topliss-reactive ketones (excluding diaryl/α,β-unsaturated/α-hetero) is 2. The van der Waals surface area contributed by atoms with Crippen LogP contribution >= 0.6 is 0 Å². The number of benzene rings is 2. The minimum atomic E-state index is -0.655. The maximum absolute atomic E-state index is 12.5. The third-order valence-electron chi connectivity index (χ3n) is 3.94. The van der Waals surface area contributed by atoms with Crippen LogP contribution < -0.4 is 0 Å². The summed E-state index contributed by atoms with van der Waals surface area (Å²) in [5.41, 5.74) is 4.08. The van der Waals surface area contributed by atoms with Gasteiger partial charge in [0.25, 0.3) is 0 Å². The van der Waals surface area contributed by atoms with Gasteiger partial charge in [-0.25, -0.2) is 0 Å². The van der Waals surface area contributed by atoms with Crippen molar-refractivity contribution in [2.24, 2.45) is 0 Å². The van der Waals surface area contributed by atoms with Gasteiger partial charge >= 0.3 is 0 Å². The number of carbonyl (C=O) groups excluding carboxylic acids is 2. The summed E-state index contributed by atoms with van der Waals surface area (Å²) >= 11 is 0. The summed E-state index contributed by atoms with van der Waals surface area (Å²) in [5, 5.41) is 0. The van der Waals surface area contributed by atoms with E-state index in [0.29, 0.717) is 11.1 Å². The average Bonchev–Trinajstić information content (AvgIpc) is 2.67. The molecule has 2 heteroatoms. The molecular formula is C17H14O2. The summed E-state index contributed by atoms with van der Waals surface area (Å²) in [4.78, 5) is 24.9. The zero-order valence-electron chi connectivity index (χ0n) is 10.9. The largest absolute Gasteiger partial charge is 0.293 e. The van der Waals surface area contributed by atoms with Crippen LogP contribution in [-0.2, 0) is 0 Å². The first-order valence-corrected chi connectivity index (χ1v) is 6.35. The summed E-state index contributed by atoms with van der Waals surface area (Å²) in [6.45, 7) is 3.96. The molecule has 2 aromatic rings. The molecule has 94 valence electrons. The van der Waals surface area contributed by atoms with E-state index in [2.05, 4.69) is 0 Å². The van der Waals surface area contributed by atoms with E-state index in [1.165, 1.54) is 0 Å². The molecule has 0 aromatic heterocycles. The summed E-state index contributed by atoms with van der Waals surface area (Å²) < 4.78 is 0. The Balaban J connectivity index is 2.17. The van der Waals surface area contributed by atoms with E-state index >= 15 is 0 Å². The highest BCUT2D eigenvalue weighted by molar-refractivity contribution is 6.29. The fourth-order valence-electron chi connectivity index (χ4n) is 2.71. The standard InChI is InChI=1S/C17H14O2/c1-10-6-5-9-12(11(10)2)15-16(18)13-7-3-4-8-14(13)17(15)19/h3-9,15H,1-2H3. The van der Waals surface area contributed by atoms with Gasteiger partial charge in [-0.3, -0.25) is 9.59 Å². The molecule has 2 aromatic carbocycles. The summed E-state index contributed by atoms with van der Waals surface area (Å²) in [7, 11) is 0. The van der Waals surface area contributed by atoms with Crippen LogP contribution in [0.5, 0.6) is 0 Å². The van der Waals surface area contributed by atoms with E-state index in [9.17, 15) is 9.59 Å². The lowest BCUT2D eigenvalue weighted by Gasteiger charge is -2.12. The minimum Gasteiger partial charge on any atom is -0.293 e. The molecule has 0 amide bonds. The molecule has 0 atom stereocenters. The van der Waals surface area contributed by atoms with Gasteiger partial charge in [-0.05, 0) is 30.5 Å². The lowest BCUT2D eigenvalue weighted by atomic mass is 9.89. The van der Waals surface area contributed by atoms with Crippen molar-refractivity contribution in [1.82, 2.24) is 0 Å². The first kappa shape index (κ1) is 11.8. The van der Waals surface area contributed by atoms with Gasteiger partial charge in [0.05, 0.1) is 0 Å². The fraction of sp³-hybridized carbons (Fsp3) is 0.176. The van der Waals surface area contributed by atoms with E-state index in [-0.39, 0.29) is 11.6 Å². The van der Waals surface area contributed by atoms with Crippen LogP contribution in [0.3, 0.4) is 0 Å². The molecular weight excluding hydrogens is 236 g/mol. The Morgan fingerprint density at radius 3 is 1.95 bits per heavy atom. The molecule has 3 rings (SSSR count). The van der Waals surface area contributed by atoms with Crippen molar-refractivity contribution in [2.45, 2.75) is 19.8 Å². The molecule has 1 aliphatic rings. The number of hydrogen-bond donors (Lipinski definition) is 0. The van der Waals surface area contributed by atoms with Gasteiger partial charge in [0, 0.05) is 11.1 Å². The van der Waals surface area contributed by atoms with E-state index in [1.54, 1.807) is 24.3 Å². The second kappa shape index (κ2) is 4.16. The highest BCUT2D eigenvalue weighted by Crippen LogP contribution is 2.35. The molecule has 0 unspecified atom stereocenters. The molecule has 0 heterocycles. The second-order valence-corrected chi connectivity index (χ2v) is 5.00. The Morgan fingerprint density at radius 2 is 1.37 bits per heavy atom. The number of ketones is 2. The molecule has 0 fully saturated rings. The third-order valence-corrected chi connectivity index (χ3v) is 3.94. The molecule has 0 radical (unpaired) electrons. The summed E-state index contributed by atoms with van der Waals surface area (Å²) in [6, 6.07) is 12.9. The van der Waals surface area contributed by atoms with Crippen LogP contribution in [0.4, 0.5) is 0 Å². The van der Waals surface area contributed by atoms with Crippen LogP contribution in [0, 0.1) is 13.8 Å². The molecule has 1 aliphatic carbocycles. The van der Waals surface area contributed by atoms with Gasteiger partial charge in [-0.2, -0.15) is 0 Å². The number of fused-ring (bicyclic) bond motifs is 1. The number of aryl methyl sites for hydroxylation is 1. The third kappa shape index (κ3) is 1.64. The smallest absolute Gasteiger partial charge is 0.178 e. The van der Waals surface area contributed by atoms with Crippen LogP contribution in [0.15, 0.2) is 42.5 Å². The maximum atomic E-state index is 12.5.